The van der Waals surface area contributed by atoms with Crippen molar-refractivity contribution in [1.29, 1.82) is 0 Å². The first kappa shape index (κ1) is 30.4. The maximum atomic E-state index is 11.6. The zero-order valence-corrected chi connectivity index (χ0v) is 22.3. The number of nitrogens with two attached hydrogens (primary N) is 4. The van der Waals surface area contributed by atoms with Crippen LogP contribution in [0.4, 0.5) is 0 Å². The number of fused-ring (bicyclic) bond motifs is 2. The summed E-state index contributed by atoms with van der Waals surface area (Å²) >= 11 is 0. The van der Waals surface area contributed by atoms with Crippen LogP contribution in [0, 0.1) is 0 Å². The summed E-state index contributed by atoms with van der Waals surface area (Å²) in [6.45, 7) is 1.64. The Balaban J connectivity index is 0.000000316. The molecule has 0 bridgehead atoms. The van der Waals surface area contributed by atoms with Crippen molar-refractivity contribution in [3.63, 3.8) is 0 Å². The van der Waals surface area contributed by atoms with E-state index in [0.29, 0.717) is 38.4 Å². The summed E-state index contributed by atoms with van der Waals surface area (Å²) in [5, 5.41) is 56.6. The zero-order valence-electron chi connectivity index (χ0n) is 22.3. The number of hydrogen-bond acceptors (Lipinski definition) is 8. The van der Waals surface area contributed by atoms with Crippen molar-refractivity contribution in [2.24, 2.45) is 43.3 Å². The number of carboxylic acids is 2. The Hall–Kier alpha value is -6.18. The van der Waals surface area contributed by atoms with Crippen molar-refractivity contribution in [3.05, 3.63) is 82.9 Å². The van der Waals surface area contributed by atoms with Crippen LogP contribution in [0.3, 0.4) is 0 Å². The topological polar surface area (TPSA) is 269 Å². The molecule has 4 aromatic rings. The molecule has 0 radical (unpaired) electrons. The van der Waals surface area contributed by atoms with Gasteiger partial charge in [-0.3, -0.25) is 0 Å². The first-order chi connectivity index (χ1) is 19.9. The van der Waals surface area contributed by atoms with E-state index in [0.717, 1.165) is 0 Å². The summed E-state index contributed by atoms with van der Waals surface area (Å²) < 4.78 is 0. The lowest BCUT2D eigenvalue weighted by Crippen LogP contribution is -2.22. The number of nitrogens with zero attached hydrogens (tertiary/aromatic N) is 4. The fraction of sp³-hybridized carbons (Fsp3) is 0.0714. The number of hydrogen-bond donors (Lipinski definition) is 8. The van der Waals surface area contributed by atoms with Gasteiger partial charge in [0.15, 0.2) is 0 Å². The van der Waals surface area contributed by atoms with Gasteiger partial charge in [-0.05, 0) is 40.6 Å². The number of guanidine groups is 2. The lowest BCUT2D eigenvalue weighted by atomic mass is 9.90. The molecule has 0 spiro atoms. The van der Waals surface area contributed by atoms with E-state index in [-0.39, 0.29) is 29.5 Å². The summed E-state index contributed by atoms with van der Waals surface area (Å²) in [7, 11) is 0. The minimum Gasteiger partial charge on any atom is -0.507 e. The number of benzene rings is 4. The van der Waals surface area contributed by atoms with E-state index in [1.165, 1.54) is 18.3 Å². The minimum absolute atomic E-state index is 0.0407. The molecule has 42 heavy (non-hydrogen) atoms. The van der Waals surface area contributed by atoms with E-state index >= 15 is 0 Å². The van der Waals surface area contributed by atoms with Crippen LogP contribution in [0.2, 0.25) is 0 Å². The normalized spacial score (nSPS) is 11.1. The summed E-state index contributed by atoms with van der Waals surface area (Å²) in [5.74, 6) is -3.62. The van der Waals surface area contributed by atoms with Gasteiger partial charge in [-0.15, -0.1) is 10.2 Å². The van der Waals surface area contributed by atoms with Crippen molar-refractivity contribution in [2.45, 2.75) is 13.3 Å². The molecule has 0 saturated heterocycles. The van der Waals surface area contributed by atoms with Crippen LogP contribution in [0.1, 0.15) is 38.8 Å². The van der Waals surface area contributed by atoms with E-state index < -0.39 is 23.4 Å². The molecule has 0 aromatic heterocycles. The van der Waals surface area contributed by atoms with Gasteiger partial charge in [0, 0.05) is 17.5 Å². The van der Waals surface area contributed by atoms with Gasteiger partial charge >= 0.3 is 11.9 Å². The predicted octanol–water partition coefficient (Wildman–Crippen LogP) is 2.29. The SMILES string of the molecule is CC(/C=N/N=C(N)N)=N\N=C(N)N.O=C(O)c1cc2ccccc2c(Cc2c(O)c(C(=O)O)cc3ccccc23)c1O. The molecular weight excluding hydrogens is 544 g/mol. The maximum Gasteiger partial charge on any atom is 0.339 e. The highest BCUT2D eigenvalue weighted by Gasteiger charge is 2.22. The van der Waals surface area contributed by atoms with E-state index in [2.05, 4.69) is 20.4 Å². The lowest BCUT2D eigenvalue weighted by molar-refractivity contribution is 0.0682. The Morgan fingerprint density at radius 1 is 0.714 bits per heavy atom. The largest absolute Gasteiger partial charge is 0.507 e. The monoisotopic (exact) mass is 572 g/mol. The van der Waals surface area contributed by atoms with Crippen LogP contribution >= 0.6 is 0 Å². The molecule has 14 nitrogen and oxygen atoms in total. The van der Waals surface area contributed by atoms with Gasteiger partial charge in [0.1, 0.15) is 22.6 Å². The lowest BCUT2D eigenvalue weighted by Gasteiger charge is -2.16. The molecule has 0 aliphatic rings. The smallest absolute Gasteiger partial charge is 0.339 e. The molecule has 0 aliphatic carbocycles. The maximum absolute atomic E-state index is 11.6. The van der Waals surface area contributed by atoms with Gasteiger partial charge in [-0.2, -0.15) is 10.2 Å². The van der Waals surface area contributed by atoms with E-state index in [9.17, 15) is 30.0 Å². The van der Waals surface area contributed by atoms with Crippen LogP contribution in [0.5, 0.6) is 11.5 Å². The molecule has 216 valence electrons. The molecule has 4 aromatic carbocycles. The molecular formula is C28H28N8O6. The average Bonchev–Trinajstić information content (AvgIpc) is 2.94. The molecule has 14 heteroatoms. The van der Waals surface area contributed by atoms with Crippen LogP contribution in [-0.4, -0.2) is 56.2 Å². The third kappa shape index (κ3) is 7.26. The van der Waals surface area contributed by atoms with Crippen molar-refractivity contribution >= 4 is 57.3 Å². The summed E-state index contributed by atoms with van der Waals surface area (Å²) in [4.78, 5) is 23.2. The van der Waals surface area contributed by atoms with Crippen LogP contribution in [0.25, 0.3) is 21.5 Å². The van der Waals surface area contributed by atoms with Gasteiger partial charge in [0.2, 0.25) is 11.9 Å². The van der Waals surface area contributed by atoms with E-state index in [1.807, 2.05) is 0 Å². The van der Waals surface area contributed by atoms with Crippen molar-refractivity contribution in [2.75, 3.05) is 0 Å². The number of rotatable bonds is 7. The number of carboxylic acid groups (broad SMARTS) is 2. The van der Waals surface area contributed by atoms with Gasteiger partial charge in [-0.1, -0.05) is 48.5 Å². The first-order valence-corrected chi connectivity index (χ1v) is 12.1. The molecule has 0 aliphatic heterocycles. The summed E-state index contributed by atoms with van der Waals surface area (Å²) in [6, 6.07) is 16.8. The molecule has 0 unspecified atom stereocenters. The van der Waals surface area contributed by atoms with Crippen LogP contribution < -0.4 is 22.9 Å². The van der Waals surface area contributed by atoms with Gasteiger partial charge < -0.3 is 43.4 Å². The number of phenols is 2. The average molecular weight is 573 g/mol. The Labute approximate surface area is 238 Å². The molecule has 4 rings (SSSR count). The first-order valence-electron chi connectivity index (χ1n) is 12.1. The highest BCUT2D eigenvalue weighted by atomic mass is 16.4. The van der Waals surface area contributed by atoms with E-state index in [1.54, 1.807) is 55.5 Å². The third-order valence-electron chi connectivity index (χ3n) is 5.81. The Morgan fingerprint density at radius 2 is 1.14 bits per heavy atom. The Morgan fingerprint density at radius 3 is 1.55 bits per heavy atom. The predicted molar refractivity (Wildman–Crippen MR) is 161 cm³/mol. The van der Waals surface area contributed by atoms with Crippen LogP contribution in [-0.2, 0) is 6.42 Å². The minimum atomic E-state index is -1.28. The van der Waals surface area contributed by atoms with Crippen molar-refractivity contribution in [1.82, 2.24) is 0 Å². The molecule has 0 amide bonds. The van der Waals surface area contributed by atoms with Crippen LogP contribution in [0.15, 0.2) is 81.1 Å². The van der Waals surface area contributed by atoms with Gasteiger partial charge in [-0.25, -0.2) is 9.59 Å². The Bertz CT molecular complexity index is 1690. The second-order valence-corrected chi connectivity index (χ2v) is 8.77. The number of carbonyl (C=O) groups is 2. The van der Waals surface area contributed by atoms with Crippen molar-refractivity contribution < 1.29 is 30.0 Å². The Kier molecular flexibility index (Phi) is 9.58. The van der Waals surface area contributed by atoms with E-state index in [4.69, 9.17) is 22.9 Å². The second-order valence-electron chi connectivity index (χ2n) is 8.77. The summed E-state index contributed by atoms with van der Waals surface area (Å²) in [5.41, 5.74) is 20.6. The second kappa shape index (κ2) is 13.3. The van der Waals surface area contributed by atoms with Gasteiger partial charge in [0.25, 0.3) is 0 Å². The quantitative estimate of drug-likeness (QED) is 0.0908. The number of aromatic hydroxyl groups is 2. The fourth-order valence-corrected chi connectivity index (χ4v) is 4.03. The fourth-order valence-electron chi connectivity index (χ4n) is 4.03. The zero-order chi connectivity index (χ0) is 31.0. The highest BCUT2D eigenvalue weighted by Crippen LogP contribution is 2.38. The molecule has 0 atom stereocenters. The molecule has 0 saturated carbocycles. The standard InChI is InChI=1S/C23H16O6.C5H12N8/c24-20-16(14-7-3-1-5-12(14)9-18(20)22(26)27)11-17-15-8-4-2-6-13(15)10-19(21(17)25)23(28)29;1-3(11-13-5(8)9)2-10-12-4(6)7/h1-10,24-25H,11H2,(H,26,27)(H,28,29);2H,1H3,(H4,6,7,12)(H4,8,9,13)/b;10-2+,11-3+. The third-order valence-corrected chi connectivity index (χ3v) is 5.81. The van der Waals surface area contributed by atoms with Gasteiger partial charge in [0.05, 0.1) is 11.9 Å². The highest BCUT2D eigenvalue weighted by molar-refractivity contribution is 6.29. The molecule has 0 heterocycles. The van der Waals surface area contributed by atoms with Crippen molar-refractivity contribution in [3.8, 4) is 11.5 Å². The summed E-state index contributed by atoms with van der Waals surface area (Å²) in [6.07, 6.45) is 1.27. The molecule has 12 N–H and O–H groups in total. The molecule has 0 fully saturated rings. The number of aromatic carboxylic acids is 2.